The number of rotatable bonds is 4. The number of phenolic OH excluding ortho intramolecular Hbond substituents is 1. The summed E-state index contributed by atoms with van der Waals surface area (Å²) in [5, 5.41) is 21.9. The van der Waals surface area contributed by atoms with Crippen molar-refractivity contribution in [3.05, 3.63) is 30.0 Å². The molecule has 0 aliphatic carbocycles. The van der Waals surface area contributed by atoms with Crippen molar-refractivity contribution >= 4 is 23.0 Å². The SMILES string of the molecule is CC(C)(C)OC(=O)N[C@H](Cc1c[nH]c2ccc(O)cc12)C(=O)O. The number of carboxylic acids is 1. The van der Waals surface area contributed by atoms with Crippen LogP contribution in [0.5, 0.6) is 5.75 Å². The summed E-state index contributed by atoms with van der Waals surface area (Å²) in [6.07, 6.45) is 0.946. The summed E-state index contributed by atoms with van der Waals surface area (Å²) in [5.41, 5.74) is 0.748. The molecular weight excluding hydrogens is 300 g/mol. The summed E-state index contributed by atoms with van der Waals surface area (Å²) < 4.78 is 5.08. The molecule has 0 unspecified atom stereocenters. The third kappa shape index (κ3) is 4.38. The number of carbonyl (C=O) groups is 2. The lowest BCUT2D eigenvalue weighted by atomic mass is 10.0. The molecule has 1 aromatic carbocycles. The van der Waals surface area contributed by atoms with Gasteiger partial charge in [0.25, 0.3) is 0 Å². The maximum Gasteiger partial charge on any atom is 0.408 e. The molecule has 4 N–H and O–H groups in total. The van der Waals surface area contributed by atoms with Crippen LogP contribution in [0.1, 0.15) is 26.3 Å². The van der Waals surface area contributed by atoms with Crippen molar-refractivity contribution in [1.29, 1.82) is 0 Å². The highest BCUT2D eigenvalue weighted by molar-refractivity contribution is 5.86. The number of fused-ring (bicyclic) bond motifs is 1. The molecule has 7 heteroatoms. The number of benzene rings is 1. The zero-order valence-corrected chi connectivity index (χ0v) is 13.2. The van der Waals surface area contributed by atoms with Crippen LogP contribution in [-0.2, 0) is 16.0 Å². The monoisotopic (exact) mass is 320 g/mol. The molecule has 0 aliphatic rings. The zero-order chi connectivity index (χ0) is 17.2. The first kappa shape index (κ1) is 16.7. The Morgan fingerprint density at radius 2 is 2.04 bits per heavy atom. The smallest absolute Gasteiger partial charge is 0.408 e. The fraction of sp³-hybridized carbons (Fsp3) is 0.375. The molecule has 1 heterocycles. The number of aromatic amines is 1. The summed E-state index contributed by atoms with van der Waals surface area (Å²) in [7, 11) is 0. The first-order valence-electron chi connectivity index (χ1n) is 7.17. The lowest BCUT2D eigenvalue weighted by molar-refractivity contribution is -0.139. The van der Waals surface area contributed by atoms with Crippen LogP contribution in [0.3, 0.4) is 0 Å². The predicted octanol–water partition coefficient (Wildman–Crippen LogP) is 2.39. The average Bonchev–Trinajstić information content (AvgIpc) is 2.78. The number of aromatic hydroxyl groups is 1. The van der Waals surface area contributed by atoms with E-state index in [1.807, 2.05) is 0 Å². The van der Waals surface area contributed by atoms with Gasteiger partial charge in [-0.25, -0.2) is 9.59 Å². The predicted molar refractivity (Wildman–Crippen MR) is 84.5 cm³/mol. The molecule has 1 amide bonds. The first-order valence-corrected chi connectivity index (χ1v) is 7.17. The molecule has 23 heavy (non-hydrogen) atoms. The third-order valence-corrected chi connectivity index (χ3v) is 3.16. The second-order valence-corrected chi connectivity index (χ2v) is 6.28. The molecule has 0 saturated carbocycles. The Morgan fingerprint density at radius 1 is 1.35 bits per heavy atom. The maximum absolute atomic E-state index is 11.8. The van der Waals surface area contributed by atoms with E-state index in [1.165, 1.54) is 6.07 Å². The van der Waals surface area contributed by atoms with Crippen LogP contribution < -0.4 is 5.32 Å². The van der Waals surface area contributed by atoms with Gasteiger partial charge in [-0.05, 0) is 44.5 Å². The number of H-pyrrole nitrogens is 1. The summed E-state index contributed by atoms with van der Waals surface area (Å²) in [5.74, 6) is -1.07. The number of nitrogens with one attached hydrogen (secondary N) is 2. The van der Waals surface area contributed by atoms with Crippen molar-refractivity contribution in [2.45, 2.75) is 38.8 Å². The number of carboxylic acid groups (broad SMARTS) is 1. The van der Waals surface area contributed by atoms with Gasteiger partial charge in [0.15, 0.2) is 0 Å². The van der Waals surface area contributed by atoms with Crippen molar-refractivity contribution in [2.75, 3.05) is 0 Å². The fourth-order valence-electron chi connectivity index (χ4n) is 2.21. The van der Waals surface area contributed by atoms with Crippen LogP contribution in [0.25, 0.3) is 10.9 Å². The number of carbonyl (C=O) groups excluding carboxylic acids is 1. The van der Waals surface area contributed by atoms with E-state index >= 15 is 0 Å². The van der Waals surface area contributed by atoms with Crippen LogP contribution >= 0.6 is 0 Å². The van der Waals surface area contributed by atoms with Crippen molar-refractivity contribution < 1.29 is 24.5 Å². The van der Waals surface area contributed by atoms with Crippen molar-refractivity contribution in [3.63, 3.8) is 0 Å². The van der Waals surface area contributed by atoms with Gasteiger partial charge in [0.2, 0.25) is 0 Å². The molecule has 1 atom stereocenters. The number of aromatic nitrogens is 1. The molecule has 0 bridgehead atoms. The molecule has 1 aromatic heterocycles. The first-order chi connectivity index (χ1) is 10.7. The number of aliphatic carboxylic acids is 1. The molecule has 2 aromatic rings. The quantitative estimate of drug-likeness (QED) is 0.691. The minimum absolute atomic E-state index is 0.0675. The highest BCUT2D eigenvalue weighted by Gasteiger charge is 2.25. The number of hydrogen-bond donors (Lipinski definition) is 4. The largest absolute Gasteiger partial charge is 0.508 e. The van der Waals surface area contributed by atoms with Gasteiger partial charge >= 0.3 is 12.1 Å². The number of amides is 1. The van der Waals surface area contributed by atoms with Crippen LogP contribution in [-0.4, -0.2) is 38.9 Å². The van der Waals surface area contributed by atoms with Gasteiger partial charge in [-0.2, -0.15) is 0 Å². The molecule has 0 aliphatic heterocycles. The van der Waals surface area contributed by atoms with Gasteiger partial charge in [0, 0.05) is 23.5 Å². The van der Waals surface area contributed by atoms with Gasteiger partial charge in [0.05, 0.1) is 0 Å². The zero-order valence-electron chi connectivity index (χ0n) is 13.2. The molecule has 2 rings (SSSR count). The van der Waals surface area contributed by atoms with Crippen LogP contribution in [0, 0.1) is 0 Å². The highest BCUT2D eigenvalue weighted by atomic mass is 16.6. The molecule has 0 spiro atoms. The second-order valence-electron chi connectivity index (χ2n) is 6.28. The standard InChI is InChI=1S/C16H20N2O5/c1-16(2,3)23-15(22)18-13(14(20)21)6-9-8-17-12-5-4-10(19)7-11(9)12/h4-5,7-8,13,17,19H,6H2,1-3H3,(H,18,22)(H,20,21)/t13-/m1/s1. The van der Waals surface area contributed by atoms with Gasteiger partial charge in [-0.15, -0.1) is 0 Å². The summed E-state index contributed by atoms with van der Waals surface area (Å²) >= 11 is 0. The van der Waals surface area contributed by atoms with Gasteiger partial charge < -0.3 is 25.3 Å². The van der Waals surface area contributed by atoms with Crippen molar-refractivity contribution in [3.8, 4) is 5.75 Å². The minimum Gasteiger partial charge on any atom is -0.508 e. The number of ether oxygens (including phenoxy) is 1. The van der Waals surface area contributed by atoms with Crippen molar-refractivity contribution in [1.82, 2.24) is 10.3 Å². The highest BCUT2D eigenvalue weighted by Crippen LogP contribution is 2.24. The van der Waals surface area contributed by atoms with E-state index in [9.17, 15) is 19.8 Å². The summed E-state index contributed by atoms with van der Waals surface area (Å²) in [6.45, 7) is 5.10. The maximum atomic E-state index is 11.8. The third-order valence-electron chi connectivity index (χ3n) is 3.16. The van der Waals surface area contributed by atoms with E-state index in [2.05, 4.69) is 10.3 Å². The van der Waals surface area contributed by atoms with E-state index in [0.717, 1.165) is 5.52 Å². The van der Waals surface area contributed by atoms with E-state index in [4.69, 9.17) is 4.74 Å². The molecule has 0 radical (unpaired) electrons. The fourth-order valence-corrected chi connectivity index (χ4v) is 2.21. The minimum atomic E-state index is -1.16. The Kier molecular flexibility index (Phi) is 4.49. The Morgan fingerprint density at radius 3 is 2.65 bits per heavy atom. The normalized spacial score (nSPS) is 12.8. The number of phenols is 1. The van der Waals surface area contributed by atoms with E-state index in [1.54, 1.807) is 39.1 Å². The van der Waals surface area contributed by atoms with E-state index in [-0.39, 0.29) is 12.2 Å². The Labute approximate surface area is 133 Å². The lowest BCUT2D eigenvalue weighted by Gasteiger charge is -2.22. The Balaban J connectivity index is 2.17. The second kappa shape index (κ2) is 6.20. The van der Waals surface area contributed by atoms with E-state index in [0.29, 0.717) is 10.9 Å². The van der Waals surface area contributed by atoms with Crippen LogP contribution in [0.2, 0.25) is 0 Å². The summed E-state index contributed by atoms with van der Waals surface area (Å²) in [6, 6.07) is 3.65. The number of hydrogen-bond acceptors (Lipinski definition) is 4. The van der Waals surface area contributed by atoms with Crippen molar-refractivity contribution in [2.24, 2.45) is 0 Å². The molecule has 124 valence electrons. The van der Waals surface area contributed by atoms with Crippen LogP contribution in [0.15, 0.2) is 24.4 Å². The molecule has 0 fully saturated rings. The topological polar surface area (TPSA) is 112 Å². The Hall–Kier alpha value is -2.70. The Bertz CT molecular complexity index is 730. The van der Waals surface area contributed by atoms with E-state index < -0.39 is 23.7 Å². The van der Waals surface area contributed by atoms with Gasteiger partial charge in [-0.3, -0.25) is 0 Å². The average molecular weight is 320 g/mol. The lowest BCUT2D eigenvalue weighted by Crippen LogP contribution is -2.44. The molecule has 0 saturated heterocycles. The summed E-state index contributed by atoms with van der Waals surface area (Å²) in [4.78, 5) is 26.2. The van der Waals surface area contributed by atoms with Gasteiger partial charge in [0.1, 0.15) is 17.4 Å². The number of alkyl carbamates (subject to hydrolysis) is 1. The van der Waals surface area contributed by atoms with Crippen LogP contribution in [0.4, 0.5) is 4.79 Å². The van der Waals surface area contributed by atoms with Gasteiger partial charge in [-0.1, -0.05) is 0 Å². The molecule has 7 nitrogen and oxygen atoms in total. The molecular formula is C16H20N2O5.